The van der Waals surface area contributed by atoms with Crippen molar-refractivity contribution >= 4 is 34.5 Å². The number of thiophene rings is 1. The molecule has 0 aliphatic heterocycles. The van der Waals surface area contributed by atoms with E-state index in [0.29, 0.717) is 10.0 Å². The van der Waals surface area contributed by atoms with Crippen LogP contribution in [-0.2, 0) is 9.53 Å². The molecule has 6 heteroatoms. The zero-order valence-corrected chi connectivity index (χ0v) is 9.19. The van der Waals surface area contributed by atoms with E-state index in [2.05, 4.69) is 5.32 Å². The topological polar surface area (TPSA) is 64.3 Å². The number of ether oxygens (including phenoxy) is 1. The zero-order chi connectivity index (χ0) is 10.6. The maximum absolute atomic E-state index is 11.5. The molecule has 0 aliphatic carbocycles. The first-order valence-electron chi connectivity index (χ1n) is 3.95. The second-order valence-corrected chi connectivity index (χ2v) is 4.08. The number of carbonyl (C=O) groups is 1. The average molecular weight is 235 g/mol. The number of rotatable bonds is 4. The van der Waals surface area contributed by atoms with Crippen LogP contribution in [-0.4, -0.2) is 25.7 Å². The molecule has 1 aromatic heterocycles. The summed E-state index contributed by atoms with van der Waals surface area (Å²) >= 11 is 7.16. The Hall–Kier alpha value is -0.620. The van der Waals surface area contributed by atoms with Gasteiger partial charge in [0.25, 0.3) is 5.91 Å². The predicted molar refractivity (Wildman–Crippen MR) is 57.8 cm³/mol. The Kier molecular flexibility index (Phi) is 4.34. The first-order chi connectivity index (χ1) is 6.69. The monoisotopic (exact) mass is 234 g/mol. The van der Waals surface area contributed by atoms with Crippen LogP contribution in [0.3, 0.4) is 0 Å². The summed E-state index contributed by atoms with van der Waals surface area (Å²) in [6.07, 6.45) is -0.633. The molecule has 1 amide bonds. The summed E-state index contributed by atoms with van der Waals surface area (Å²) in [7, 11) is 1.44. The molecule has 0 fully saturated rings. The number of carbonyl (C=O) groups excluding carboxylic acids is 1. The standard InChI is InChI=1S/C8H11ClN2O2S/c1-13-6(4-10)8(12)11-5-2-3-14-7(5)9/h2-3,6H,4,10H2,1H3,(H,11,12). The van der Waals surface area contributed by atoms with Gasteiger partial charge in [-0.05, 0) is 11.4 Å². The fourth-order valence-corrected chi connectivity index (χ4v) is 1.74. The highest BCUT2D eigenvalue weighted by Crippen LogP contribution is 2.27. The normalized spacial score (nSPS) is 12.5. The molecule has 1 atom stereocenters. The first kappa shape index (κ1) is 11.5. The van der Waals surface area contributed by atoms with Gasteiger partial charge in [0, 0.05) is 13.7 Å². The van der Waals surface area contributed by atoms with Gasteiger partial charge in [-0.25, -0.2) is 0 Å². The molecular formula is C8H11ClN2O2S. The second-order valence-electron chi connectivity index (χ2n) is 2.56. The minimum absolute atomic E-state index is 0.143. The minimum atomic E-state index is -0.633. The third-order valence-corrected chi connectivity index (χ3v) is 2.84. The van der Waals surface area contributed by atoms with Gasteiger partial charge in [0.2, 0.25) is 0 Å². The molecule has 0 aliphatic rings. The molecule has 1 heterocycles. The molecular weight excluding hydrogens is 224 g/mol. The third kappa shape index (κ3) is 2.68. The second kappa shape index (κ2) is 5.31. The Morgan fingerprint density at radius 3 is 3.00 bits per heavy atom. The highest BCUT2D eigenvalue weighted by Gasteiger charge is 2.16. The number of nitrogens with one attached hydrogen (secondary N) is 1. The summed E-state index contributed by atoms with van der Waals surface area (Å²) < 4.78 is 5.42. The summed E-state index contributed by atoms with van der Waals surface area (Å²) in [4.78, 5) is 11.5. The van der Waals surface area contributed by atoms with Gasteiger partial charge in [0.05, 0.1) is 5.69 Å². The zero-order valence-electron chi connectivity index (χ0n) is 7.62. The van der Waals surface area contributed by atoms with Gasteiger partial charge in [-0.2, -0.15) is 0 Å². The fraction of sp³-hybridized carbons (Fsp3) is 0.375. The molecule has 4 nitrogen and oxygen atoms in total. The number of nitrogens with two attached hydrogens (primary N) is 1. The van der Waals surface area contributed by atoms with Crippen LogP contribution in [0.15, 0.2) is 11.4 Å². The summed E-state index contributed by atoms with van der Waals surface area (Å²) in [6.45, 7) is 0.143. The number of hydrogen-bond donors (Lipinski definition) is 2. The Bertz CT molecular complexity index is 312. The largest absolute Gasteiger partial charge is 0.370 e. The Labute approximate surface area is 91.0 Å². The van der Waals surface area contributed by atoms with Gasteiger partial charge in [0.15, 0.2) is 0 Å². The molecule has 0 aromatic carbocycles. The Balaban J connectivity index is 2.61. The lowest BCUT2D eigenvalue weighted by molar-refractivity contribution is -0.125. The van der Waals surface area contributed by atoms with Crippen molar-refractivity contribution in [1.82, 2.24) is 0 Å². The molecule has 1 unspecified atom stereocenters. The van der Waals surface area contributed by atoms with Crippen molar-refractivity contribution in [3.63, 3.8) is 0 Å². The van der Waals surface area contributed by atoms with Crippen molar-refractivity contribution < 1.29 is 9.53 Å². The van der Waals surface area contributed by atoms with Crippen molar-refractivity contribution in [3.05, 3.63) is 15.8 Å². The van der Waals surface area contributed by atoms with Crippen LogP contribution in [0.5, 0.6) is 0 Å². The number of hydrogen-bond acceptors (Lipinski definition) is 4. The lowest BCUT2D eigenvalue weighted by atomic mass is 10.3. The molecule has 0 bridgehead atoms. The van der Waals surface area contributed by atoms with E-state index in [1.807, 2.05) is 0 Å². The van der Waals surface area contributed by atoms with Gasteiger partial charge in [-0.15, -0.1) is 11.3 Å². The van der Waals surface area contributed by atoms with E-state index in [9.17, 15) is 4.79 Å². The average Bonchev–Trinajstić information content (AvgIpc) is 2.54. The molecule has 3 N–H and O–H groups in total. The predicted octanol–water partition coefficient (Wildman–Crippen LogP) is 1.31. The van der Waals surface area contributed by atoms with E-state index >= 15 is 0 Å². The van der Waals surface area contributed by atoms with Crippen LogP contribution in [0.4, 0.5) is 5.69 Å². The van der Waals surface area contributed by atoms with Gasteiger partial charge in [-0.1, -0.05) is 11.6 Å². The van der Waals surface area contributed by atoms with Crippen LogP contribution in [0.2, 0.25) is 4.34 Å². The number of anilines is 1. The quantitative estimate of drug-likeness (QED) is 0.826. The maximum atomic E-state index is 11.5. The smallest absolute Gasteiger partial charge is 0.254 e. The fourth-order valence-electron chi connectivity index (χ4n) is 0.905. The van der Waals surface area contributed by atoms with E-state index < -0.39 is 6.10 Å². The van der Waals surface area contributed by atoms with Crippen LogP contribution in [0.25, 0.3) is 0 Å². The molecule has 0 saturated heterocycles. The maximum Gasteiger partial charge on any atom is 0.254 e. The Morgan fingerprint density at radius 1 is 1.86 bits per heavy atom. The minimum Gasteiger partial charge on any atom is -0.370 e. The van der Waals surface area contributed by atoms with Crippen LogP contribution in [0.1, 0.15) is 0 Å². The van der Waals surface area contributed by atoms with Crippen molar-refractivity contribution in [1.29, 1.82) is 0 Å². The SMILES string of the molecule is COC(CN)C(=O)Nc1ccsc1Cl. The molecule has 1 aromatic rings. The molecule has 0 radical (unpaired) electrons. The molecule has 14 heavy (non-hydrogen) atoms. The van der Waals surface area contributed by atoms with E-state index in [-0.39, 0.29) is 12.5 Å². The van der Waals surface area contributed by atoms with Crippen molar-refractivity contribution in [2.75, 3.05) is 19.0 Å². The van der Waals surface area contributed by atoms with Gasteiger partial charge < -0.3 is 15.8 Å². The Morgan fingerprint density at radius 2 is 2.57 bits per heavy atom. The van der Waals surface area contributed by atoms with Gasteiger partial charge >= 0.3 is 0 Å². The van der Waals surface area contributed by atoms with Crippen molar-refractivity contribution in [3.8, 4) is 0 Å². The van der Waals surface area contributed by atoms with Crippen LogP contribution < -0.4 is 11.1 Å². The molecule has 0 saturated carbocycles. The van der Waals surface area contributed by atoms with E-state index in [1.54, 1.807) is 11.4 Å². The highest BCUT2D eigenvalue weighted by molar-refractivity contribution is 7.15. The third-order valence-electron chi connectivity index (χ3n) is 1.67. The van der Waals surface area contributed by atoms with Gasteiger partial charge in [-0.3, -0.25) is 4.79 Å². The number of methoxy groups -OCH3 is 1. The summed E-state index contributed by atoms with van der Waals surface area (Å²) in [5.41, 5.74) is 5.93. The van der Waals surface area contributed by atoms with E-state index in [4.69, 9.17) is 22.1 Å². The van der Waals surface area contributed by atoms with Crippen LogP contribution in [0, 0.1) is 0 Å². The summed E-state index contributed by atoms with van der Waals surface area (Å²) in [5.74, 6) is -0.282. The van der Waals surface area contributed by atoms with E-state index in [1.165, 1.54) is 18.4 Å². The highest BCUT2D eigenvalue weighted by atomic mass is 35.5. The van der Waals surface area contributed by atoms with E-state index in [0.717, 1.165) is 0 Å². The molecule has 78 valence electrons. The van der Waals surface area contributed by atoms with Gasteiger partial charge in [0.1, 0.15) is 10.4 Å². The number of halogens is 1. The summed E-state index contributed by atoms with van der Waals surface area (Å²) in [5, 5.41) is 4.42. The van der Waals surface area contributed by atoms with Crippen molar-refractivity contribution in [2.45, 2.75) is 6.10 Å². The molecule has 0 spiro atoms. The lowest BCUT2D eigenvalue weighted by Gasteiger charge is -2.12. The van der Waals surface area contributed by atoms with Crippen LogP contribution >= 0.6 is 22.9 Å². The molecule has 1 rings (SSSR count). The summed E-state index contributed by atoms with van der Waals surface area (Å²) in [6, 6.07) is 1.73. The first-order valence-corrected chi connectivity index (χ1v) is 5.21. The lowest BCUT2D eigenvalue weighted by Crippen LogP contribution is -2.35. The van der Waals surface area contributed by atoms with Crippen molar-refractivity contribution in [2.24, 2.45) is 5.73 Å². The number of amides is 1.